The van der Waals surface area contributed by atoms with Crippen LogP contribution in [0.15, 0.2) is 39.3 Å². The van der Waals surface area contributed by atoms with E-state index >= 15 is 0 Å². The zero-order valence-electron chi connectivity index (χ0n) is 10.3. The van der Waals surface area contributed by atoms with Gasteiger partial charge in [-0.25, -0.2) is 0 Å². The van der Waals surface area contributed by atoms with Crippen molar-refractivity contribution in [2.45, 2.75) is 19.4 Å². The normalized spacial score (nSPS) is 12.7. The lowest BCUT2D eigenvalue weighted by Crippen LogP contribution is -2.17. The molecule has 2 aromatic rings. The van der Waals surface area contributed by atoms with Gasteiger partial charge in [0.1, 0.15) is 0 Å². The van der Waals surface area contributed by atoms with Crippen LogP contribution in [-0.4, -0.2) is 7.05 Å². The van der Waals surface area contributed by atoms with Crippen LogP contribution in [0, 0.1) is 6.92 Å². The molecular weight excluding hydrogens is 374 g/mol. The SMILES string of the molecule is CNC(Cc1ccc(Br)cc1)c1cc(Br)c(C)s1. The molecule has 18 heavy (non-hydrogen) atoms. The van der Waals surface area contributed by atoms with Gasteiger partial charge < -0.3 is 5.32 Å². The highest BCUT2D eigenvalue weighted by atomic mass is 79.9. The van der Waals surface area contributed by atoms with E-state index in [-0.39, 0.29) is 0 Å². The molecule has 0 saturated heterocycles. The molecule has 1 atom stereocenters. The Balaban J connectivity index is 2.16. The Morgan fingerprint density at radius 3 is 2.39 bits per heavy atom. The van der Waals surface area contributed by atoms with Gasteiger partial charge in [0.05, 0.1) is 0 Å². The first kappa shape index (κ1) is 14.3. The van der Waals surface area contributed by atoms with Gasteiger partial charge in [-0.1, -0.05) is 28.1 Å². The lowest BCUT2D eigenvalue weighted by atomic mass is 10.1. The molecule has 0 amide bonds. The Kier molecular flexibility index (Phi) is 5.01. The second-order valence-corrected chi connectivity index (χ2v) is 7.28. The van der Waals surface area contributed by atoms with Gasteiger partial charge in [0.2, 0.25) is 0 Å². The number of likely N-dealkylation sites (N-methyl/N-ethyl adjacent to an activating group) is 1. The van der Waals surface area contributed by atoms with Crippen LogP contribution in [0.1, 0.15) is 21.4 Å². The molecule has 2 rings (SSSR count). The Morgan fingerprint density at radius 1 is 1.22 bits per heavy atom. The summed E-state index contributed by atoms with van der Waals surface area (Å²) in [4.78, 5) is 2.71. The van der Waals surface area contributed by atoms with E-state index in [2.05, 4.69) is 74.4 Å². The zero-order chi connectivity index (χ0) is 13.1. The van der Waals surface area contributed by atoms with Gasteiger partial charge in [-0.05, 0) is 60.1 Å². The van der Waals surface area contributed by atoms with E-state index in [0.29, 0.717) is 6.04 Å². The molecule has 1 aromatic carbocycles. The largest absolute Gasteiger partial charge is 0.312 e. The second kappa shape index (κ2) is 6.33. The second-order valence-electron chi connectivity index (χ2n) is 4.22. The summed E-state index contributed by atoms with van der Waals surface area (Å²) in [5.74, 6) is 0. The third-order valence-electron chi connectivity index (χ3n) is 2.92. The predicted octanol–water partition coefficient (Wildman–Crippen LogP) is 5.08. The highest BCUT2D eigenvalue weighted by Crippen LogP contribution is 2.32. The maximum absolute atomic E-state index is 3.58. The number of benzene rings is 1. The van der Waals surface area contributed by atoms with E-state index in [1.54, 1.807) is 0 Å². The monoisotopic (exact) mass is 387 g/mol. The van der Waals surface area contributed by atoms with Crippen molar-refractivity contribution >= 4 is 43.2 Å². The van der Waals surface area contributed by atoms with Gasteiger partial charge >= 0.3 is 0 Å². The molecule has 96 valence electrons. The van der Waals surface area contributed by atoms with Gasteiger partial charge in [0.15, 0.2) is 0 Å². The molecule has 0 saturated carbocycles. The number of hydrogen-bond donors (Lipinski definition) is 1. The van der Waals surface area contributed by atoms with Gasteiger partial charge in [-0.15, -0.1) is 11.3 Å². The predicted molar refractivity (Wildman–Crippen MR) is 86.4 cm³/mol. The lowest BCUT2D eigenvalue weighted by Gasteiger charge is -2.14. The molecule has 0 aliphatic rings. The molecule has 0 aliphatic heterocycles. The van der Waals surface area contributed by atoms with E-state index in [9.17, 15) is 0 Å². The van der Waals surface area contributed by atoms with E-state index in [0.717, 1.165) is 10.9 Å². The summed E-state index contributed by atoms with van der Waals surface area (Å²) >= 11 is 8.90. The molecule has 1 unspecified atom stereocenters. The van der Waals surface area contributed by atoms with Crippen LogP contribution >= 0.6 is 43.2 Å². The number of aryl methyl sites for hydroxylation is 1. The summed E-state index contributed by atoms with van der Waals surface area (Å²) in [6, 6.07) is 11.1. The summed E-state index contributed by atoms with van der Waals surface area (Å²) in [6.07, 6.45) is 1.01. The van der Waals surface area contributed by atoms with Crippen LogP contribution in [-0.2, 0) is 6.42 Å². The summed E-state index contributed by atoms with van der Waals surface area (Å²) in [7, 11) is 2.02. The Hall–Kier alpha value is -0.160. The van der Waals surface area contributed by atoms with Crippen molar-refractivity contribution in [1.82, 2.24) is 5.32 Å². The van der Waals surface area contributed by atoms with E-state index in [1.807, 2.05) is 18.4 Å². The molecule has 1 heterocycles. The van der Waals surface area contributed by atoms with Crippen LogP contribution in [0.4, 0.5) is 0 Å². The minimum Gasteiger partial charge on any atom is -0.312 e. The number of hydrogen-bond acceptors (Lipinski definition) is 2. The fraction of sp³-hybridized carbons (Fsp3) is 0.286. The van der Waals surface area contributed by atoms with Crippen LogP contribution in [0.5, 0.6) is 0 Å². The van der Waals surface area contributed by atoms with Crippen molar-refractivity contribution in [3.8, 4) is 0 Å². The molecule has 1 aromatic heterocycles. The third kappa shape index (κ3) is 3.44. The van der Waals surface area contributed by atoms with Gasteiger partial charge in [0, 0.05) is 24.7 Å². The van der Waals surface area contributed by atoms with E-state index < -0.39 is 0 Å². The summed E-state index contributed by atoms with van der Waals surface area (Å²) in [6.45, 7) is 2.14. The number of nitrogens with one attached hydrogen (secondary N) is 1. The first-order chi connectivity index (χ1) is 8.60. The number of rotatable bonds is 4. The first-order valence-electron chi connectivity index (χ1n) is 5.77. The summed E-state index contributed by atoms with van der Waals surface area (Å²) in [5.41, 5.74) is 1.35. The summed E-state index contributed by atoms with van der Waals surface area (Å²) < 4.78 is 2.33. The molecule has 0 bridgehead atoms. The minimum absolute atomic E-state index is 0.376. The molecule has 0 fully saturated rings. The van der Waals surface area contributed by atoms with Crippen LogP contribution in [0.2, 0.25) is 0 Å². The number of thiophene rings is 1. The topological polar surface area (TPSA) is 12.0 Å². The maximum Gasteiger partial charge on any atom is 0.0453 e. The standard InChI is InChI=1S/C14H15Br2NS/c1-9-12(16)8-14(18-9)13(17-2)7-10-3-5-11(15)6-4-10/h3-6,8,13,17H,7H2,1-2H3. The van der Waals surface area contributed by atoms with Gasteiger partial charge in [0.25, 0.3) is 0 Å². The molecule has 4 heteroatoms. The lowest BCUT2D eigenvalue weighted by molar-refractivity contribution is 0.602. The Morgan fingerprint density at radius 2 is 1.89 bits per heavy atom. The molecule has 0 radical (unpaired) electrons. The van der Waals surface area contributed by atoms with E-state index in [1.165, 1.54) is 19.8 Å². The molecule has 1 nitrogen and oxygen atoms in total. The molecule has 0 spiro atoms. The van der Waals surface area contributed by atoms with Crippen LogP contribution < -0.4 is 5.32 Å². The van der Waals surface area contributed by atoms with Crippen molar-refractivity contribution in [1.29, 1.82) is 0 Å². The smallest absolute Gasteiger partial charge is 0.0453 e. The summed E-state index contributed by atoms with van der Waals surface area (Å²) in [5, 5.41) is 3.40. The highest BCUT2D eigenvalue weighted by Gasteiger charge is 2.14. The van der Waals surface area contributed by atoms with Crippen LogP contribution in [0.3, 0.4) is 0 Å². The molecule has 1 N–H and O–H groups in total. The number of halogens is 2. The first-order valence-corrected chi connectivity index (χ1v) is 8.18. The fourth-order valence-corrected chi connectivity index (χ4v) is 3.79. The minimum atomic E-state index is 0.376. The quantitative estimate of drug-likeness (QED) is 0.769. The van der Waals surface area contributed by atoms with Gasteiger partial charge in [-0.2, -0.15) is 0 Å². The molecule has 0 aliphatic carbocycles. The van der Waals surface area contributed by atoms with Gasteiger partial charge in [-0.3, -0.25) is 0 Å². The van der Waals surface area contributed by atoms with Crippen LogP contribution in [0.25, 0.3) is 0 Å². The highest BCUT2D eigenvalue weighted by molar-refractivity contribution is 9.10. The maximum atomic E-state index is 3.58. The average molecular weight is 389 g/mol. The van der Waals surface area contributed by atoms with Crippen molar-refractivity contribution in [3.05, 3.63) is 54.6 Å². The zero-order valence-corrected chi connectivity index (χ0v) is 14.3. The third-order valence-corrected chi connectivity index (χ3v) is 5.70. The average Bonchev–Trinajstić information content (AvgIpc) is 2.69. The van der Waals surface area contributed by atoms with Crippen molar-refractivity contribution in [3.63, 3.8) is 0 Å². The molecular formula is C14H15Br2NS. The fourth-order valence-electron chi connectivity index (χ4n) is 1.85. The Labute approximate surface area is 129 Å². The van der Waals surface area contributed by atoms with Crippen molar-refractivity contribution in [2.24, 2.45) is 0 Å². The van der Waals surface area contributed by atoms with E-state index in [4.69, 9.17) is 0 Å². The van der Waals surface area contributed by atoms with Crippen molar-refractivity contribution < 1.29 is 0 Å². The Bertz CT molecular complexity index is 500. The van der Waals surface area contributed by atoms with Crippen molar-refractivity contribution in [2.75, 3.05) is 7.05 Å².